The fraction of sp³-hybridized carbons (Fsp3) is 0.545. The lowest BCUT2D eigenvalue weighted by Crippen LogP contribution is -2.60. The van der Waals surface area contributed by atoms with Crippen molar-refractivity contribution in [3.05, 3.63) is 35.6 Å². The summed E-state index contributed by atoms with van der Waals surface area (Å²) in [5, 5.41) is 21.9. The highest BCUT2D eigenvalue weighted by molar-refractivity contribution is 6.05. The van der Waals surface area contributed by atoms with Gasteiger partial charge >= 0.3 is 0 Å². The molecule has 6 heteroatoms. The summed E-state index contributed by atoms with van der Waals surface area (Å²) in [6.45, 7) is 5.34. The quantitative estimate of drug-likeness (QED) is 0.616. The zero-order valence-electron chi connectivity index (χ0n) is 16.7. The Hall–Kier alpha value is -2.18. The van der Waals surface area contributed by atoms with Crippen molar-refractivity contribution in [3.63, 3.8) is 0 Å². The van der Waals surface area contributed by atoms with Crippen molar-refractivity contribution in [3.8, 4) is 5.75 Å². The number of aromatic hydroxyl groups is 1. The topological polar surface area (TPSA) is 82.4 Å². The normalized spacial score (nSPS) is 32.2. The second-order valence-corrected chi connectivity index (χ2v) is 8.16. The van der Waals surface area contributed by atoms with E-state index in [4.69, 9.17) is 9.73 Å². The number of aliphatic hydroxyl groups is 1. The molecule has 0 saturated carbocycles. The number of carbonyl (C=O) groups is 1. The molecule has 4 atom stereocenters. The number of piperidine rings is 2. The van der Waals surface area contributed by atoms with Crippen LogP contribution in [-0.4, -0.2) is 52.8 Å². The highest BCUT2D eigenvalue weighted by Crippen LogP contribution is 2.51. The smallest absolute Gasteiger partial charge is 0.159 e. The number of phenolic OH excluding ortho intramolecular Hbond substituents is 1. The largest absolute Gasteiger partial charge is 0.507 e. The SMILES string of the molecule is CC[C@@H]1CN2CC[C@@]3(O)C(=Nc4cccc(O)c43)[C@@H]2C[C@@H]1/C(=C\OC)C(C)=O. The molecule has 3 heterocycles. The molecule has 3 aliphatic rings. The van der Waals surface area contributed by atoms with E-state index in [2.05, 4.69) is 11.8 Å². The van der Waals surface area contributed by atoms with Crippen LogP contribution in [0.25, 0.3) is 0 Å². The van der Waals surface area contributed by atoms with E-state index in [1.54, 1.807) is 32.4 Å². The number of ketones is 1. The van der Waals surface area contributed by atoms with Crippen molar-refractivity contribution in [2.24, 2.45) is 16.8 Å². The second kappa shape index (κ2) is 7.01. The molecule has 2 fully saturated rings. The Morgan fingerprint density at radius 3 is 2.93 bits per heavy atom. The number of nitrogens with zero attached hydrogens (tertiary/aromatic N) is 2. The Balaban J connectivity index is 1.73. The minimum absolute atomic E-state index is 0.0270. The van der Waals surface area contributed by atoms with E-state index < -0.39 is 5.60 Å². The van der Waals surface area contributed by atoms with Crippen LogP contribution in [0.2, 0.25) is 0 Å². The third kappa shape index (κ3) is 2.78. The van der Waals surface area contributed by atoms with Crippen molar-refractivity contribution in [2.45, 2.75) is 44.8 Å². The second-order valence-electron chi connectivity index (χ2n) is 8.16. The minimum Gasteiger partial charge on any atom is -0.507 e. The highest BCUT2D eigenvalue weighted by Gasteiger charge is 2.53. The summed E-state index contributed by atoms with van der Waals surface area (Å²) in [4.78, 5) is 19.4. The number of allylic oxidation sites excluding steroid dienone is 1. The fourth-order valence-electron chi connectivity index (χ4n) is 5.33. The van der Waals surface area contributed by atoms with Crippen molar-refractivity contribution in [1.82, 2.24) is 4.90 Å². The summed E-state index contributed by atoms with van der Waals surface area (Å²) < 4.78 is 5.21. The fourth-order valence-corrected chi connectivity index (χ4v) is 5.33. The van der Waals surface area contributed by atoms with Gasteiger partial charge in [-0.05, 0) is 43.7 Å². The summed E-state index contributed by atoms with van der Waals surface area (Å²) in [7, 11) is 1.57. The number of benzene rings is 1. The van der Waals surface area contributed by atoms with Crippen LogP contribution in [0, 0.1) is 11.8 Å². The summed E-state index contributed by atoms with van der Waals surface area (Å²) in [5.74, 6) is 0.533. The molecule has 0 aromatic heterocycles. The summed E-state index contributed by atoms with van der Waals surface area (Å²) in [6.07, 6.45) is 3.78. The van der Waals surface area contributed by atoms with Crippen molar-refractivity contribution >= 4 is 17.2 Å². The predicted octanol–water partition coefficient (Wildman–Crippen LogP) is 2.91. The van der Waals surface area contributed by atoms with Crippen molar-refractivity contribution < 1.29 is 19.7 Å². The number of phenols is 1. The molecular formula is C22H28N2O4. The molecular weight excluding hydrogens is 356 g/mol. The van der Waals surface area contributed by atoms with Gasteiger partial charge in [-0.25, -0.2) is 0 Å². The van der Waals surface area contributed by atoms with Gasteiger partial charge in [0, 0.05) is 18.7 Å². The molecule has 4 rings (SSSR count). The number of hydrogen-bond donors (Lipinski definition) is 2. The summed E-state index contributed by atoms with van der Waals surface area (Å²) in [5.41, 5.74) is 1.36. The molecule has 1 aromatic rings. The van der Waals surface area contributed by atoms with Crippen LogP contribution in [0.3, 0.4) is 0 Å². The van der Waals surface area contributed by atoms with E-state index in [0.29, 0.717) is 41.3 Å². The Morgan fingerprint density at radius 2 is 2.25 bits per heavy atom. The van der Waals surface area contributed by atoms with Gasteiger partial charge in [0.1, 0.15) is 11.4 Å². The summed E-state index contributed by atoms with van der Waals surface area (Å²) in [6, 6.07) is 5.14. The van der Waals surface area contributed by atoms with Gasteiger partial charge in [0.05, 0.1) is 36.4 Å². The standard InChI is InChI=1S/C22H28N2O4/c1-4-14-11-24-9-8-22(27)20-17(6-5-7-19(20)26)23-21(22)18(24)10-15(14)16(12-28-3)13(2)25/h5-7,12,14-15,18,26-27H,4,8-11H2,1-3H3/b16-12-/t14-,15+,18+,22+/m1/s1. The Bertz CT molecular complexity index is 862. The maximum absolute atomic E-state index is 12.3. The van der Waals surface area contributed by atoms with Crippen LogP contribution in [0.4, 0.5) is 5.69 Å². The van der Waals surface area contributed by atoms with Gasteiger partial charge in [-0.15, -0.1) is 0 Å². The molecule has 6 nitrogen and oxygen atoms in total. The van der Waals surface area contributed by atoms with E-state index in [-0.39, 0.29) is 23.5 Å². The molecule has 0 aliphatic carbocycles. The molecule has 0 spiro atoms. The third-order valence-electron chi connectivity index (χ3n) is 6.71. The number of rotatable bonds is 4. The highest BCUT2D eigenvalue weighted by atomic mass is 16.5. The maximum atomic E-state index is 12.3. The average Bonchev–Trinajstić information content (AvgIpc) is 2.99. The average molecular weight is 384 g/mol. The molecule has 2 saturated heterocycles. The van der Waals surface area contributed by atoms with Gasteiger partial charge < -0.3 is 14.9 Å². The van der Waals surface area contributed by atoms with Crippen LogP contribution in [0.5, 0.6) is 5.75 Å². The lowest BCUT2D eigenvalue weighted by Gasteiger charge is -2.50. The maximum Gasteiger partial charge on any atom is 0.159 e. The van der Waals surface area contributed by atoms with E-state index in [9.17, 15) is 15.0 Å². The number of methoxy groups -OCH3 is 1. The first kappa shape index (κ1) is 19.2. The molecule has 0 bridgehead atoms. The number of carbonyl (C=O) groups excluding carboxylic acids is 1. The lowest BCUT2D eigenvalue weighted by atomic mass is 9.69. The van der Waals surface area contributed by atoms with Crippen LogP contribution < -0.4 is 0 Å². The molecule has 28 heavy (non-hydrogen) atoms. The number of hydrogen-bond acceptors (Lipinski definition) is 6. The van der Waals surface area contributed by atoms with Crippen molar-refractivity contribution in [2.75, 3.05) is 20.2 Å². The van der Waals surface area contributed by atoms with Crippen LogP contribution in [0.1, 0.15) is 38.7 Å². The molecule has 0 amide bonds. The van der Waals surface area contributed by atoms with Gasteiger partial charge in [-0.3, -0.25) is 14.7 Å². The van der Waals surface area contributed by atoms with Crippen molar-refractivity contribution in [1.29, 1.82) is 0 Å². The first-order valence-electron chi connectivity index (χ1n) is 10.0. The lowest BCUT2D eigenvalue weighted by molar-refractivity contribution is -0.114. The number of Topliss-reactive ketones (excluding diaryl/α,β-unsaturated/α-hetero) is 1. The first-order chi connectivity index (χ1) is 13.4. The molecule has 0 radical (unpaired) electrons. The molecule has 0 unspecified atom stereocenters. The Morgan fingerprint density at radius 1 is 1.46 bits per heavy atom. The zero-order valence-corrected chi connectivity index (χ0v) is 16.7. The van der Waals surface area contributed by atoms with E-state index >= 15 is 0 Å². The molecule has 1 aromatic carbocycles. The van der Waals surface area contributed by atoms with Gasteiger partial charge in [0.2, 0.25) is 0 Å². The number of fused-ring (bicyclic) bond motifs is 5. The summed E-state index contributed by atoms with van der Waals surface area (Å²) >= 11 is 0. The van der Waals surface area contributed by atoms with Gasteiger partial charge in [0.25, 0.3) is 0 Å². The monoisotopic (exact) mass is 384 g/mol. The van der Waals surface area contributed by atoms with Gasteiger partial charge in [0.15, 0.2) is 5.78 Å². The Kier molecular flexibility index (Phi) is 4.79. The molecule has 3 aliphatic heterocycles. The van der Waals surface area contributed by atoms with Crippen LogP contribution >= 0.6 is 0 Å². The zero-order chi connectivity index (χ0) is 20.1. The molecule has 150 valence electrons. The number of aliphatic imine (C=N–C) groups is 1. The van der Waals surface area contributed by atoms with E-state index in [1.807, 2.05) is 6.07 Å². The van der Waals surface area contributed by atoms with Crippen LogP contribution in [0.15, 0.2) is 35.0 Å². The predicted molar refractivity (Wildman–Crippen MR) is 107 cm³/mol. The van der Waals surface area contributed by atoms with Gasteiger partial charge in [-0.2, -0.15) is 0 Å². The third-order valence-corrected chi connectivity index (χ3v) is 6.71. The molecule has 2 N–H and O–H groups in total. The van der Waals surface area contributed by atoms with E-state index in [0.717, 1.165) is 19.5 Å². The minimum atomic E-state index is -1.23. The van der Waals surface area contributed by atoms with Gasteiger partial charge in [-0.1, -0.05) is 19.4 Å². The Labute approximate surface area is 165 Å². The van der Waals surface area contributed by atoms with E-state index in [1.165, 1.54) is 0 Å². The number of ether oxygens (including phenoxy) is 1. The van der Waals surface area contributed by atoms with Crippen LogP contribution in [-0.2, 0) is 15.1 Å². The first-order valence-corrected chi connectivity index (χ1v) is 10.0.